The van der Waals surface area contributed by atoms with Gasteiger partial charge in [0.25, 0.3) is 5.91 Å². The lowest BCUT2D eigenvalue weighted by molar-refractivity contribution is -0.904. The second-order valence-corrected chi connectivity index (χ2v) is 10.2. The van der Waals surface area contributed by atoms with Crippen LogP contribution in [0.1, 0.15) is 15.9 Å². The molecule has 0 aliphatic carbocycles. The van der Waals surface area contributed by atoms with Gasteiger partial charge >= 0.3 is 0 Å². The van der Waals surface area contributed by atoms with E-state index in [2.05, 4.69) is 5.32 Å². The number of aliphatic hydroxyl groups excluding tert-OH is 1. The van der Waals surface area contributed by atoms with Crippen LogP contribution in [0.3, 0.4) is 0 Å². The van der Waals surface area contributed by atoms with Crippen molar-refractivity contribution in [3.05, 3.63) is 118 Å². The molecule has 1 atom stereocenters. The third kappa shape index (κ3) is 6.52. The molecular formula is C31H27Cl2N4O4+. The monoisotopic (exact) mass is 589 g/mol. The molecule has 5 rings (SSSR count). The van der Waals surface area contributed by atoms with Gasteiger partial charge in [-0.1, -0.05) is 47.5 Å². The first-order valence-corrected chi connectivity index (χ1v) is 13.5. The Morgan fingerprint density at radius 1 is 1.00 bits per heavy atom. The summed E-state index contributed by atoms with van der Waals surface area (Å²) in [6, 6.07) is 24.9. The molecule has 5 aromatic rings. The van der Waals surface area contributed by atoms with Crippen LogP contribution in [0.5, 0.6) is 5.75 Å². The van der Waals surface area contributed by atoms with Crippen LogP contribution in [0.2, 0.25) is 10.0 Å². The van der Waals surface area contributed by atoms with Gasteiger partial charge in [0, 0.05) is 21.9 Å². The number of ether oxygens (including phenoxy) is 1. The first kappa shape index (κ1) is 28.2. The number of hydrogen-bond donors (Lipinski definition) is 3. The highest BCUT2D eigenvalue weighted by atomic mass is 35.5. The zero-order valence-electron chi connectivity index (χ0n) is 22.0. The molecule has 2 aromatic heterocycles. The minimum atomic E-state index is -0.450. The van der Waals surface area contributed by atoms with E-state index in [1.54, 1.807) is 48.3 Å². The Balaban J connectivity index is 1.41. The highest BCUT2D eigenvalue weighted by Crippen LogP contribution is 2.31. The third-order valence-electron chi connectivity index (χ3n) is 6.58. The van der Waals surface area contributed by atoms with E-state index in [1.807, 2.05) is 54.6 Å². The summed E-state index contributed by atoms with van der Waals surface area (Å²) < 4.78 is 7.89. The standard InChI is InChI=1S/C31H26Cl2N4O4/c1-41-26-11-4-20(5-12-26)15-24(19-38)34-31(39)22-8-6-21(7-9-22)30-17-29(23-3-2-14-36(40)18-23)35-37(30)25-10-13-27(32)28(33)16-25/h2-14,16-18,24,38H,15,19H2,1H3,(H-,34,39,40)/p+1/t24-/m0/s1. The fourth-order valence-electron chi connectivity index (χ4n) is 4.42. The van der Waals surface area contributed by atoms with Crippen LogP contribution >= 0.6 is 23.2 Å². The number of nitrogens with zero attached hydrogens (tertiary/aromatic N) is 3. The van der Waals surface area contributed by atoms with Crippen LogP contribution in [0.15, 0.2) is 97.3 Å². The van der Waals surface area contributed by atoms with Crippen molar-refractivity contribution < 1.29 is 24.6 Å². The molecule has 0 spiro atoms. The van der Waals surface area contributed by atoms with Gasteiger partial charge in [-0.15, -0.1) is 0 Å². The molecule has 0 unspecified atom stereocenters. The molecule has 8 nitrogen and oxygen atoms in total. The smallest absolute Gasteiger partial charge is 0.251 e. The van der Waals surface area contributed by atoms with E-state index in [4.69, 9.17) is 33.0 Å². The molecule has 41 heavy (non-hydrogen) atoms. The van der Waals surface area contributed by atoms with Crippen molar-refractivity contribution in [1.29, 1.82) is 0 Å². The lowest BCUT2D eigenvalue weighted by atomic mass is 10.0. The number of hydrogen-bond acceptors (Lipinski definition) is 5. The molecule has 0 radical (unpaired) electrons. The summed E-state index contributed by atoms with van der Waals surface area (Å²) in [5.74, 6) is 0.450. The Morgan fingerprint density at radius 3 is 2.41 bits per heavy atom. The highest BCUT2D eigenvalue weighted by Gasteiger charge is 2.18. The van der Waals surface area contributed by atoms with Crippen molar-refractivity contribution >= 4 is 29.1 Å². The third-order valence-corrected chi connectivity index (χ3v) is 7.32. The molecule has 2 heterocycles. The van der Waals surface area contributed by atoms with Gasteiger partial charge in [0.05, 0.1) is 52.4 Å². The van der Waals surface area contributed by atoms with Gasteiger partial charge in [0.2, 0.25) is 12.4 Å². The summed E-state index contributed by atoms with van der Waals surface area (Å²) in [5.41, 5.74) is 4.99. The van der Waals surface area contributed by atoms with Gasteiger partial charge in [0.1, 0.15) is 5.75 Å². The normalized spacial score (nSPS) is 11.7. The Kier molecular flexibility index (Phi) is 8.54. The van der Waals surface area contributed by atoms with Gasteiger partial charge in [-0.2, -0.15) is 5.10 Å². The Morgan fingerprint density at radius 2 is 1.76 bits per heavy atom. The number of carbonyl (C=O) groups is 1. The zero-order chi connectivity index (χ0) is 28.9. The van der Waals surface area contributed by atoms with Crippen molar-refractivity contribution in [3.8, 4) is 34.0 Å². The molecule has 0 saturated carbocycles. The van der Waals surface area contributed by atoms with Gasteiger partial charge < -0.3 is 15.2 Å². The van der Waals surface area contributed by atoms with Gasteiger partial charge in [-0.3, -0.25) is 10.0 Å². The minimum Gasteiger partial charge on any atom is -0.497 e. The Labute approximate surface area is 246 Å². The number of aromatic nitrogens is 3. The average Bonchev–Trinajstić information content (AvgIpc) is 3.44. The van der Waals surface area contributed by atoms with Crippen LogP contribution in [0, 0.1) is 0 Å². The van der Waals surface area contributed by atoms with Crippen molar-refractivity contribution in [2.45, 2.75) is 12.5 Å². The van der Waals surface area contributed by atoms with E-state index in [-0.39, 0.29) is 12.5 Å². The second kappa shape index (κ2) is 12.4. The molecule has 208 valence electrons. The summed E-state index contributed by atoms with van der Waals surface area (Å²) in [4.78, 5) is 13.0. The Bertz CT molecular complexity index is 1670. The molecule has 10 heteroatoms. The maximum absolute atomic E-state index is 13.0. The van der Waals surface area contributed by atoms with Crippen LogP contribution < -0.4 is 14.8 Å². The van der Waals surface area contributed by atoms with Gasteiger partial charge in [0.15, 0.2) is 0 Å². The number of rotatable bonds is 9. The number of amides is 1. The quantitative estimate of drug-likeness (QED) is 0.158. The number of aliphatic hydroxyl groups is 1. The van der Waals surface area contributed by atoms with Crippen LogP contribution in [-0.2, 0) is 6.42 Å². The first-order valence-electron chi connectivity index (χ1n) is 12.8. The molecule has 0 aliphatic heterocycles. The summed E-state index contributed by atoms with van der Waals surface area (Å²) in [5, 5.41) is 28.3. The van der Waals surface area contributed by atoms with Crippen molar-refractivity contribution in [3.63, 3.8) is 0 Å². The van der Waals surface area contributed by atoms with E-state index in [1.165, 1.54) is 6.20 Å². The van der Waals surface area contributed by atoms with Crippen LogP contribution in [0.25, 0.3) is 28.2 Å². The molecule has 1 amide bonds. The highest BCUT2D eigenvalue weighted by molar-refractivity contribution is 6.42. The van der Waals surface area contributed by atoms with Crippen LogP contribution in [-0.4, -0.2) is 45.8 Å². The first-order chi connectivity index (χ1) is 19.8. The molecule has 0 saturated heterocycles. The molecule has 0 fully saturated rings. The molecule has 0 bridgehead atoms. The molecular weight excluding hydrogens is 563 g/mol. The van der Waals surface area contributed by atoms with Crippen molar-refractivity contribution in [2.24, 2.45) is 0 Å². The van der Waals surface area contributed by atoms with E-state index in [0.717, 1.165) is 27.3 Å². The largest absolute Gasteiger partial charge is 0.497 e. The lowest BCUT2D eigenvalue weighted by Gasteiger charge is -2.17. The average molecular weight is 590 g/mol. The predicted molar refractivity (Wildman–Crippen MR) is 157 cm³/mol. The SMILES string of the molecule is COc1ccc(C[C@@H](CO)NC(=O)c2ccc(-c3cc(-c4ccc[n+](O)c4)nn3-c3ccc(Cl)c(Cl)c3)cc2)cc1. The maximum atomic E-state index is 13.0. The predicted octanol–water partition coefficient (Wildman–Crippen LogP) is 5.38. The fourth-order valence-corrected chi connectivity index (χ4v) is 4.72. The Hall–Kier alpha value is -4.37. The summed E-state index contributed by atoms with van der Waals surface area (Å²) >= 11 is 12.4. The van der Waals surface area contributed by atoms with Crippen molar-refractivity contribution in [1.82, 2.24) is 15.1 Å². The molecule has 3 N–H and O–H groups in total. The van der Waals surface area contributed by atoms with E-state index in [9.17, 15) is 15.1 Å². The second-order valence-electron chi connectivity index (χ2n) is 9.38. The summed E-state index contributed by atoms with van der Waals surface area (Å²) in [7, 11) is 1.60. The lowest BCUT2D eigenvalue weighted by Crippen LogP contribution is -2.39. The topological polar surface area (TPSA) is 100 Å². The van der Waals surface area contributed by atoms with E-state index >= 15 is 0 Å². The number of halogens is 2. The fraction of sp³-hybridized carbons (Fsp3) is 0.129. The van der Waals surface area contributed by atoms with Gasteiger partial charge in [-0.25, -0.2) is 4.68 Å². The van der Waals surface area contributed by atoms with Crippen LogP contribution in [0.4, 0.5) is 0 Å². The van der Waals surface area contributed by atoms with E-state index in [0.29, 0.717) is 39.0 Å². The van der Waals surface area contributed by atoms with Gasteiger partial charge in [-0.05, 0) is 66.6 Å². The van der Waals surface area contributed by atoms with E-state index < -0.39 is 6.04 Å². The number of methoxy groups -OCH3 is 1. The zero-order valence-corrected chi connectivity index (χ0v) is 23.5. The molecule has 3 aromatic carbocycles. The maximum Gasteiger partial charge on any atom is 0.251 e. The summed E-state index contributed by atoms with van der Waals surface area (Å²) in [6.45, 7) is -0.200. The number of pyridine rings is 1. The van der Waals surface area contributed by atoms with Crippen molar-refractivity contribution in [2.75, 3.05) is 13.7 Å². The minimum absolute atomic E-state index is 0.200. The number of nitrogens with one attached hydrogen (secondary N) is 1. The summed E-state index contributed by atoms with van der Waals surface area (Å²) in [6.07, 6.45) is 3.55. The number of benzene rings is 3. The molecule has 0 aliphatic rings. The number of carbonyl (C=O) groups excluding carboxylic acids is 1.